The summed E-state index contributed by atoms with van der Waals surface area (Å²) in [6.07, 6.45) is 3.66. The molecule has 0 bridgehead atoms. The standard InChI is InChI=1S/C12H14N4OS/c1-9(17)16(2)11-6-4-5-10(7-11)15-12(18-3)14-8-13/h4-7H,1-3H3,(H,14,15). The van der Waals surface area contributed by atoms with E-state index in [9.17, 15) is 4.79 Å². The highest BCUT2D eigenvalue weighted by Crippen LogP contribution is 2.21. The Morgan fingerprint density at radius 1 is 1.56 bits per heavy atom. The number of thioether (sulfide) groups is 1. The maximum Gasteiger partial charge on any atom is 0.223 e. The summed E-state index contributed by atoms with van der Waals surface area (Å²) in [6.45, 7) is 1.50. The summed E-state index contributed by atoms with van der Waals surface area (Å²) in [4.78, 5) is 17.1. The number of hydrogen-bond donors (Lipinski definition) is 1. The lowest BCUT2D eigenvalue weighted by molar-refractivity contribution is -0.116. The van der Waals surface area contributed by atoms with E-state index in [0.29, 0.717) is 10.9 Å². The second kappa shape index (κ2) is 6.67. The van der Waals surface area contributed by atoms with Crippen molar-refractivity contribution in [3.63, 3.8) is 0 Å². The first-order valence-electron chi connectivity index (χ1n) is 5.20. The highest BCUT2D eigenvalue weighted by atomic mass is 32.2. The molecule has 0 fully saturated rings. The summed E-state index contributed by atoms with van der Waals surface area (Å²) >= 11 is 1.35. The first kappa shape index (κ1) is 14.1. The van der Waals surface area contributed by atoms with Crippen LogP contribution in [-0.4, -0.2) is 24.4 Å². The van der Waals surface area contributed by atoms with Gasteiger partial charge in [0.2, 0.25) is 5.91 Å². The molecule has 1 aromatic rings. The van der Waals surface area contributed by atoms with Crippen molar-refractivity contribution < 1.29 is 4.79 Å². The first-order valence-corrected chi connectivity index (χ1v) is 6.43. The quantitative estimate of drug-likeness (QED) is 0.383. The molecule has 5 nitrogen and oxygen atoms in total. The fraction of sp³-hybridized carbons (Fsp3) is 0.250. The van der Waals surface area contributed by atoms with Gasteiger partial charge in [0.25, 0.3) is 0 Å². The second-order valence-corrected chi connectivity index (χ2v) is 4.25. The summed E-state index contributed by atoms with van der Waals surface area (Å²) in [5.41, 5.74) is 1.45. The molecule has 0 saturated heterocycles. The minimum atomic E-state index is -0.0450. The maximum atomic E-state index is 11.3. The number of hydrogen-bond acceptors (Lipinski definition) is 4. The van der Waals surface area contributed by atoms with Crippen LogP contribution in [0.4, 0.5) is 11.4 Å². The average Bonchev–Trinajstić information content (AvgIpc) is 2.37. The average molecular weight is 262 g/mol. The summed E-state index contributed by atoms with van der Waals surface area (Å²) in [5.74, 6) is -0.0450. The Hall–Kier alpha value is -2.00. The predicted octanol–water partition coefficient (Wildman–Crippen LogP) is 2.09. The topological polar surface area (TPSA) is 68.5 Å². The lowest BCUT2D eigenvalue weighted by atomic mass is 10.2. The third kappa shape index (κ3) is 3.79. The normalized spacial score (nSPS) is 10.7. The molecular weight excluding hydrogens is 248 g/mol. The third-order valence-corrected chi connectivity index (χ3v) is 2.86. The van der Waals surface area contributed by atoms with Crippen LogP contribution in [0.15, 0.2) is 29.3 Å². The van der Waals surface area contributed by atoms with E-state index in [1.807, 2.05) is 30.6 Å². The number of anilines is 1. The Morgan fingerprint density at radius 2 is 2.28 bits per heavy atom. The van der Waals surface area contributed by atoms with Gasteiger partial charge in [-0.05, 0) is 24.5 Å². The van der Waals surface area contributed by atoms with Gasteiger partial charge in [0.05, 0.1) is 5.69 Å². The highest BCUT2D eigenvalue weighted by molar-refractivity contribution is 8.13. The van der Waals surface area contributed by atoms with Gasteiger partial charge in [0.1, 0.15) is 0 Å². The van der Waals surface area contributed by atoms with E-state index in [1.54, 1.807) is 13.1 Å². The predicted molar refractivity (Wildman–Crippen MR) is 74.9 cm³/mol. The first-order chi connectivity index (χ1) is 8.58. The number of rotatable bonds is 2. The number of nitrogens with zero attached hydrogens (tertiary/aromatic N) is 3. The van der Waals surface area contributed by atoms with E-state index in [-0.39, 0.29) is 5.91 Å². The van der Waals surface area contributed by atoms with E-state index >= 15 is 0 Å². The van der Waals surface area contributed by atoms with Crippen LogP contribution in [0.1, 0.15) is 6.92 Å². The van der Waals surface area contributed by atoms with Crippen molar-refractivity contribution in [2.24, 2.45) is 4.99 Å². The number of carbonyl (C=O) groups is 1. The van der Waals surface area contributed by atoms with Gasteiger partial charge in [-0.2, -0.15) is 5.26 Å². The summed E-state index contributed by atoms with van der Waals surface area (Å²) in [7, 11) is 1.70. The number of nitriles is 1. The molecule has 6 heteroatoms. The molecule has 18 heavy (non-hydrogen) atoms. The van der Waals surface area contributed by atoms with Gasteiger partial charge in [-0.3, -0.25) is 10.1 Å². The molecule has 0 aromatic heterocycles. The molecule has 1 amide bonds. The number of amidine groups is 1. The molecule has 1 N–H and O–H groups in total. The number of amides is 1. The molecule has 0 aliphatic rings. The smallest absolute Gasteiger partial charge is 0.223 e. The summed E-state index contributed by atoms with van der Waals surface area (Å²) in [5, 5.41) is 11.6. The molecular formula is C12H14N4OS. The molecule has 0 aliphatic heterocycles. The fourth-order valence-corrected chi connectivity index (χ4v) is 1.59. The van der Waals surface area contributed by atoms with Crippen molar-refractivity contribution in [1.82, 2.24) is 5.32 Å². The van der Waals surface area contributed by atoms with Gasteiger partial charge in [-0.1, -0.05) is 17.8 Å². The molecule has 0 aliphatic carbocycles. The molecule has 1 rings (SSSR count). The number of aliphatic imine (C=N–C) groups is 1. The molecule has 0 unspecified atom stereocenters. The summed E-state index contributed by atoms with van der Waals surface area (Å²) in [6, 6.07) is 7.25. The van der Waals surface area contributed by atoms with Crippen molar-refractivity contribution in [3.8, 4) is 6.19 Å². The molecule has 0 spiro atoms. The zero-order chi connectivity index (χ0) is 13.5. The largest absolute Gasteiger partial charge is 0.316 e. The van der Waals surface area contributed by atoms with E-state index in [2.05, 4.69) is 10.3 Å². The lowest BCUT2D eigenvalue weighted by Gasteiger charge is -2.15. The Labute approximate surface area is 111 Å². The van der Waals surface area contributed by atoms with Gasteiger partial charge in [0, 0.05) is 19.7 Å². The zero-order valence-corrected chi connectivity index (χ0v) is 11.3. The van der Waals surface area contributed by atoms with Crippen molar-refractivity contribution in [2.45, 2.75) is 6.92 Å². The monoisotopic (exact) mass is 262 g/mol. The lowest BCUT2D eigenvalue weighted by Crippen LogP contribution is -2.22. The molecule has 94 valence electrons. The maximum absolute atomic E-state index is 11.3. The van der Waals surface area contributed by atoms with Gasteiger partial charge >= 0.3 is 0 Å². The van der Waals surface area contributed by atoms with E-state index in [0.717, 1.165) is 5.69 Å². The minimum Gasteiger partial charge on any atom is -0.316 e. The Bertz CT molecular complexity index is 507. The third-order valence-electron chi connectivity index (χ3n) is 2.28. The summed E-state index contributed by atoms with van der Waals surface area (Å²) < 4.78 is 0. The Morgan fingerprint density at radius 3 is 2.83 bits per heavy atom. The number of benzene rings is 1. The van der Waals surface area contributed by atoms with Gasteiger partial charge in [0.15, 0.2) is 11.4 Å². The Kier molecular flexibility index (Phi) is 5.21. The van der Waals surface area contributed by atoms with Crippen LogP contribution in [0.5, 0.6) is 0 Å². The van der Waals surface area contributed by atoms with Crippen LogP contribution in [0, 0.1) is 11.5 Å². The van der Waals surface area contributed by atoms with Crippen LogP contribution in [-0.2, 0) is 4.79 Å². The molecule has 0 radical (unpaired) electrons. The van der Waals surface area contributed by atoms with E-state index in [4.69, 9.17) is 5.26 Å². The van der Waals surface area contributed by atoms with Crippen LogP contribution in [0.3, 0.4) is 0 Å². The van der Waals surface area contributed by atoms with Crippen molar-refractivity contribution in [2.75, 3.05) is 18.2 Å². The van der Waals surface area contributed by atoms with Crippen LogP contribution < -0.4 is 10.2 Å². The Balaban J connectivity index is 3.02. The number of carbonyl (C=O) groups excluding carboxylic acids is 1. The molecule has 0 saturated carbocycles. The molecule has 0 atom stereocenters. The van der Waals surface area contributed by atoms with Crippen molar-refractivity contribution in [1.29, 1.82) is 5.26 Å². The molecule has 1 aromatic carbocycles. The minimum absolute atomic E-state index is 0.0450. The molecule has 0 heterocycles. The van der Waals surface area contributed by atoms with Gasteiger partial charge in [-0.25, -0.2) is 4.99 Å². The fourth-order valence-electron chi connectivity index (χ4n) is 1.24. The SMILES string of the molecule is CSC(=Nc1cccc(N(C)C(C)=O)c1)NC#N. The van der Waals surface area contributed by atoms with Crippen LogP contribution >= 0.6 is 11.8 Å². The van der Waals surface area contributed by atoms with Crippen LogP contribution in [0.2, 0.25) is 0 Å². The van der Waals surface area contributed by atoms with Gasteiger partial charge in [-0.15, -0.1) is 0 Å². The zero-order valence-electron chi connectivity index (χ0n) is 10.5. The van der Waals surface area contributed by atoms with Gasteiger partial charge < -0.3 is 4.90 Å². The highest BCUT2D eigenvalue weighted by Gasteiger charge is 2.05. The van der Waals surface area contributed by atoms with Crippen molar-refractivity contribution in [3.05, 3.63) is 24.3 Å². The van der Waals surface area contributed by atoms with Crippen LogP contribution in [0.25, 0.3) is 0 Å². The van der Waals surface area contributed by atoms with E-state index < -0.39 is 0 Å². The van der Waals surface area contributed by atoms with Crippen molar-refractivity contribution >= 4 is 34.2 Å². The van der Waals surface area contributed by atoms with E-state index in [1.165, 1.54) is 23.6 Å². The second-order valence-electron chi connectivity index (χ2n) is 3.46. The number of nitrogens with one attached hydrogen (secondary N) is 1.